The minimum atomic E-state index is -0.356. The summed E-state index contributed by atoms with van der Waals surface area (Å²) in [6, 6.07) is 2.55. The SMILES string of the molecule is C=CCCCCCCC/C=C/c1c(O)c(O)cc(NCCCCC=CC=CCCCCCCC/C=C/c2c(O)c(O)cc(OC)c2O)c1O. The molecule has 0 spiro atoms. The van der Waals surface area contributed by atoms with Gasteiger partial charge in [0.05, 0.1) is 23.9 Å². The second-order valence-electron chi connectivity index (χ2n) is 12.3. The van der Waals surface area contributed by atoms with Crippen LogP contribution in [0.5, 0.6) is 40.2 Å². The van der Waals surface area contributed by atoms with Gasteiger partial charge in [0.2, 0.25) is 0 Å². The number of phenolic OH excluding ortho intramolecular Hbond substituents is 6. The fraction of sp³-hybridized carbons (Fsp3) is 0.463. The molecule has 2 rings (SSSR count). The van der Waals surface area contributed by atoms with Crippen LogP contribution in [0, 0.1) is 0 Å². The highest BCUT2D eigenvalue weighted by Gasteiger charge is 2.16. The maximum Gasteiger partial charge on any atom is 0.169 e. The lowest BCUT2D eigenvalue weighted by Gasteiger charge is -2.13. The molecule has 270 valence electrons. The molecule has 0 bridgehead atoms. The summed E-state index contributed by atoms with van der Waals surface area (Å²) in [5.74, 6) is -1.36. The van der Waals surface area contributed by atoms with E-state index < -0.39 is 0 Å². The molecule has 8 heteroatoms. The van der Waals surface area contributed by atoms with E-state index in [1.165, 1.54) is 44.9 Å². The van der Waals surface area contributed by atoms with Gasteiger partial charge in [-0.3, -0.25) is 0 Å². The fourth-order valence-electron chi connectivity index (χ4n) is 5.42. The van der Waals surface area contributed by atoms with Crippen molar-refractivity contribution in [3.8, 4) is 40.2 Å². The summed E-state index contributed by atoms with van der Waals surface area (Å²) in [4.78, 5) is 0. The average molecular weight is 678 g/mol. The molecule has 0 atom stereocenters. The van der Waals surface area contributed by atoms with Gasteiger partial charge < -0.3 is 40.7 Å². The Morgan fingerprint density at radius 3 is 1.53 bits per heavy atom. The van der Waals surface area contributed by atoms with Gasteiger partial charge in [-0.25, -0.2) is 0 Å². The van der Waals surface area contributed by atoms with Crippen molar-refractivity contribution in [2.24, 2.45) is 0 Å². The third kappa shape index (κ3) is 15.5. The standard InChI is InChI=1S/C41H59NO7/c1-3-4-5-6-7-15-18-21-24-27-32-38(45)34(30-35(43)39(32)46)42-29-26-23-20-17-14-12-10-8-9-11-13-16-19-22-25-28-33-40(47)36(44)31-37(49-2)41(33)48/h3,10,12,14,17,24-25,27-28,30-31,42-48H,1,4-9,11,13,15-16,18-23,26,29H2,2H3/b12-10?,17-14?,27-24+,28-25+. The van der Waals surface area contributed by atoms with Gasteiger partial charge in [0.1, 0.15) is 5.75 Å². The summed E-state index contributed by atoms with van der Waals surface area (Å²) in [7, 11) is 1.39. The highest BCUT2D eigenvalue weighted by molar-refractivity contribution is 5.76. The number of rotatable bonds is 26. The van der Waals surface area contributed by atoms with Crippen molar-refractivity contribution >= 4 is 17.8 Å². The number of hydrogen-bond acceptors (Lipinski definition) is 8. The molecule has 0 heterocycles. The molecule has 0 aliphatic rings. The molecule has 7 N–H and O–H groups in total. The van der Waals surface area contributed by atoms with Gasteiger partial charge in [-0.2, -0.15) is 0 Å². The summed E-state index contributed by atoms with van der Waals surface area (Å²) in [5.41, 5.74) is 0.819. The lowest BCUT2D eigenvalue weighted by molar-refractivity contribution is 0.355. The molecule has 2 aromatic rings. The minimum Gasteiger partial charge on any atom is -0.505 e. The normalized spacial score (nSPS) is 11.9. The van der Waals surface area contributed by atoms with Crippen LogP contribution in [0.3, 0.4) is 0 Å². The summed E-state index contributed by atoms with van der Waals surface area (Å²) >= 11 is 0. The van der Waals surface area contributed by atoms with E-state index in [9.17, 15) is 30.6 Å². The molecule has 0 aliphatic heterocycles. The van der Waals surface area contributed by atoms with Crippen LogP contribution < -0.4 is 10.1 Å². The van der Waals surface area contributed by atoms with Crippen LogP contribution in [0.4, 0.5) is 5.69 Å². The molecular formula is C41H59NO7. The Morgan fingerprint density at radius 1 is 0.551 bits per heavy atom. The van der Waals surface area contributed by atoms with E-state index in [1.54, 1.807) is 12.2 Å². The van der Waals surface area contributed by atoms with E-state index in [0.717, 1.165) is 83.5 Å². The Bertz CT molecular complexity index is 1380. The molecule has 0 aromatic heterocycles. The van der Waals surface area contributed by atoms with Crippen molar-refractivity contribution in [2.75, 3.05) is 19.0 Å². The zero-order chi connectivity index (χ0) is 35.7. The quantitative estimate of drug-likeness (QED) is 0.0171. The highest BCUT2D eigenvalue weighted by Crippen LogP contribution is 2.44. The predicted molar refractivity (Wildman–Crippen MR) is 203 cm³/mol. The number of benzene rings is 2. The minimum absolute atomic E-state index is 0.0509. The number of allylic oxidation sites excluding steroid dienone is 7. The lowest BCUT2D eigenvalue weighted by Crippen LogP contribution is -2.02. The molecule has 0 saturated carbocycles. The summed E-state index contributed by atoms with van der Waals surface area (Å²) in [5, 5.41) is 64.3. The van der Waals surface area contributed by atoms with Crippen LogP contribution in [-0.2, 0) is 0 Å². The molecule has 2 aromatic carbocycles. The molecule has 0 unspecified atom stereocenters. The van der Waals surface area contributed by atoms with Gasteiger partial charge in [-0.1, -0.05) is 93.2 Å². The number of anilines is 1. The molecule has 0 saturated heterocycles. The van der Waals surface area contributed by atoms with Gasteiger partial charge in [-0.15, -0.1) is 6.58 Å². The van der Waals surface area contributed by atoms with Crippen LogP contribution in [0.2, 0.25) is 0 Å². The van der Waals surface area contributed by atoms with E-state index in [1.807, 2.05) is 18.2 Å². The van der Waals surface area contributed by atoms with E-state index >= 15 is 0 Å². The molecule has 49 heavy (non-hydrogen) atoms. The maximum absolute atomic E-state index is 10.7. The topological polar surface area (TPSA) is 143 Å². The van der Waals surface area contributed by atoms with Crippen LogP contribution in [0.15, 0.2) is 61.2 Å². The van der Waals surface area contributed by atoms with Crippen LogP contribution >= 0.6 is 0 Å². The monoisotopic (exact) mass is 677 g/mol. The Morgan fingerprint density at radius 2 is 1.00 bits per heavy atom. The van der Waals surface area contributed by atoms with Crippen molar-refractivity contribution < 1.29 is 35.4 Å². The number of hydrogen-bond donors (Lipinski definition) is 7. The molecule has 0 aliphatic carbocycles. The number of methoxy groups -OCH3 is 1. The van der Waals surface area contributed by atoms with Crippen molar-refractivity contribution in [2.45, 2.75) is 109 Å². The lowest BCUT2D eigenvalue weighted by atomic mass is 10.1. The largest absolute Gasteiger partial charge is 0.505 e. The van der Waals surface area contributed by atoms with Gasteiger partial charge in [0.15, 0.2) is 34.5 Å². The number of nitrogens with one attached hydrogen (secondary N) is 1. The fourth-order valence-corrected chi connectivity index (χ4v) is 5.42. The summed E-state index contributed by atoms with van der Waals surface area (Å²) in [6.07, 6.45) is 35.6. The molecule has 0 amide bonds. The zero-order valence-electron chi connectivity index (χ0n) is 29.4. The highest BCUT2D eigenvalue weighted by atomic mass is 16.5. The smallest absolute Gasteiger partial charge is 0.169 e. The third-order valence-corrected chi connectivity index (χ3v) is 8.35. The van der Waals surface area contributed by atoms with Crippen molar-refractivity contribution in [1.29, 1.82) is 0 Å². The third-order valence-electron chi connectivity index (χ3n) is 8.35. The Balaban J connectivity index is 1.54. The van der Waals surface area contributed by atoms with E-state index in [4.69, 9.17) is 4.74 Å². The van der Waals surface area contributed by atoms with Crippen LogP contribution in [-0.4, -0.2) is 44.3 Å². The first kappa shape index (κ1) is 40.7. The number of phenols is 6. The van der Waals surface area contributed by atoms with Crippen molar-refractivity contribution in [1.82, 2.24) is 0 Å². The second kappa shape index (κ2) is 24.6. The first-order valence-electron chi connectivity index (χ1n) is 17.9. The Kier molecular flexibility index (Phi) is 20.5. The molecular weight excluding hydrogens is 618 g/mol. The van der Waals surface area contributed by atoms with Crippen LogP contribution in [0.1, 0.15) is 120 Å². The van der Waals surface area contributed by atoms with Gasteiger partial charge in [0.25, 0.3) is 0 Å². The first-order valence-corrected chi connectivity index (χ1v) is 17.9. The molecule has 0 fully saturated rings. The number of ether oxygens (including phenoxy) is 1. The van der Waals surface area contributed by atoms with Gasteiger partial charge in [0, 0.05) is 18.7 Å². The van der Waals surface area contributed by atoms with Gasteiger partial charge in [-0.05, 0) is 70.6 Å². The van der Waals surface area contributed by atoms with Gasteiger partial charge >= 0.3 is 0 Å². The maximum atomic E-state index is 10.7. The summed E-state index contributed by atoms with van der Waals surface area (Å²) < 4.78 is 5.02. The van der Waals surface area contributed by atoms with E-state index in [2.05, 4.69) is 36.2 Å². The molecule has 0 radical (unpaired) electrons. The average Bonchev–Trinajstić information content (AvgIpc) is 3.09. The number of aromatic hydroxyl groups is 6. The van der Waals surface area contributed by atoms with Crippen molar-refractivity contribution in [3.63, 3.8) is 0 Å². The predicted octanol–water partition coefficient (Wildman–Crippen LogP) is 11.0. The van der Waals surface area contributed by atoms with Crippen LogP contribution in [0.25, 0.3) is 12.2 Å². The van der Waals surface area contributed by atoms with Crippen molar-refractivity contribution in [3.05, 3.63) is 72.4 Å². The molecule has 8 nitrogen and oxygen atoms in total. The van der Waals surface area contributed by atoms with E-state index in [0.29, 0.717) is 12.2 Å². The summed E-state index contributed by atoms with van der Waals surface area (Å²) in [6.45, 7) is 4.39. The number of unbranched alkanes of at least 4 members (excludes halogenated alkanes) is 14. The Hall–Kier alpha value is -4.46. The van der Waals surface area contributed by atoms with E-state index in [-0.39, 0.29) is 51.4 Å². The second-order valence-corrected chi connectivity index (χ2v) is 12.3. The zero-order valence-corrected chi connectivity index (χ0v) is 29.4. The Labute approximate surface area is 293 Å². The first-order chi connectivity index (χ1) is 23.8.